The maximum absolute atomic E-state index is 13.1. The maximum Gasteiger partial charge on any atom is 0.264 e. The fraction of sp³-hybridized carbons (Fsp3) is 0.143. The van der Waals surface area contributed by atoms with E-state index in [-0.39, 0.29) is 24.4 Å². The van der Waals surface area contributed by atoms with Crippen LogP contribution in [-0.2, 0) is 11.3 Å². The molecule has 36 heavy (non-hydrogen) atoms. The van der Waals surface area contributed by atoms with Crippen LogP contribution in [0.15, 0.2) is 89.9 Å². The first kappa shape index (κ1) is 23.0. The highest BCUT2D eigenvalue weighted by molar-refractivity contribution is 5.91. The molecule has 0 atom stereocenters. The smallest absolute Gasteiger partial charge is 0.264 e. The van der Waals surface area contributed by atoms with Crippen molar-refractivity contribution in [2.45, 2.75) is 26.8 Å². The van der Waals surface area contributed by atoms with Crippen molar-refractivity contribution in [1.82, 2.24) is 19.3 Å². The predicted molar refractivity (Wildman–Crippen MR) is 142 cm³/mol. The number of aromatic nitrogens is 4. The van der Waals surface area contributed by atoms with Gasteiger partial charge >= 0.3 is 0 Å². The molecule has 2 N–H and O–H groups in total. The van der Waals surface area contributed by atoms with Gasteiger partial charge in [-0.25, -0.2) is 9.67 Å². The number of hydrogen-bond acceptors (Lipinski definition) is 5. The van der Waals surface area contributed by atoms with E-state index in [1.165, 1.54) is 10.8 Å². The van der Waals surface area contributed by atoms with Gasteiger partial charge < -0.3 is 10.6 Å². The monoisotopic (exact) mass is 478 g/mol. The van der Waals surface area contributed by atoms with Gasteiger partial charge in [0.1, 0.15) is 11.2 Å². The SMILES string of the molecule is Cc1ccc(-n2ncc3c(=O)n(CCC(=O)Nc4ccc(Nc5ccccc5)cc4)c(C)nc32)cc1. The van der Waals surface area contributed by atoms with Crippen LogP contribution >= 0.6 is 0 Å². The van der Waals surface area contributed by atoms with Crippen molar-refractivity contribution in [1.29, 1.82) is 0 Å². The minimum Gasteiger partial charge on any atom is -0.356 e. The summed E-state index contributed by atoms with van der Waals surface area (Å²) in [6, 6.07) is 25.2. The van der Waals surface area contributed by atoms with E-state index in [4.69, 9.17) is 0 Å². The molecular formula is C28H26N6O2. The molecule has 8 heteroatoms. The van der Waals surface area contributed by atoms with Crippen LogP contribution in [-0.4, -0.2) is 25.2 Å². The normalized spacial score (nSPS) is 10.9. The van der Waals surface area contributed by atoms with Crippen LogP contribution in [0.5, 0.6) is 0 Å². The minimum atomic E-state index is -0.208. The van der Waals surface area contributed by atoms with E-state index < -0.39 is 0 Å². The van der Waals surface area contributed by atoms with Gasteiger partial charge in [-0.3, -0.25) is 14.2 Å². The minimum absolute atomic E-state index is 0.143. The van der Waals surface area contributed by atoms with Crippen molar-refractivity contribution < 1.29 is 4.79 Å². The lowest BCUT2D eigenvalue weighted by Crippen LogP contribution is -2.26. The van der Waals surface area contributed by atoms with Gasteiger partial charge in [-0.1, -0.05) is 35.9 Å². The number of nitrogens with zero attached hydrogens (tertiary/aromatic N) is 4. The Kier molecular flexibility index (Phi) is 6.32. The lowest BCUT2D eigenvalue weighted by molar-refractivity contribution is -0.116. The number of anilines is 3. The zero-order valence-electron chi connectivity index (χ0n) is 20.1. The van der Waals surface area contributed by atoms with Crippen LogP contribution < -0.4 is 16.2 Å². The Bertz CT molecular complexity index is 1570. The van der Waals surface area contributed by atoms with Crippen molar-refractivity contribution in [2.75, 3.05) is 10.6 Å². The largest absolute Gasteiger partial charge is 0.356 e. The first-order valence-electron chi connectivity index (χ1n) is 11.7. The molecule has 0 fully saturated rings. The Morgan fingerprint density at radius 1 is 0.861 bits per heavy atom. The number of para-hydroxylation sites is 1. The molecule has 0 saturated heterocycles. The molecule has 5 aromatic rings. The number of nitrogens with one attached hydrogen (secondary N) is 2. The molecule has 0 unspecified atom stereocenters. The summed E-state index contributed by atoms with van der Waals surface area (Å²) in [5.74, 6) is 0.353. The van der Waals surface area contributed by atoms with Crippen molar-refractivity contribution in [3.63, 3.8) is 0 Å². The summed E-state index contributed by atoms with van der Waals surface area (Å²) in [6.45, 7) is 4.01. The van der Waals surface area contributed by atoms with Gasteiger partial charge in [0.15, 0.2) is 5.65 Å². The summed E-state index contributed by atoms with van der Waals surface area (Å²) < 4.78 is 3.19. The average Bonchev–Trinajstić information content (AvgIpc) is 3.30. The number of aryl methyl sites for hydroxylation is 2. The van der Waals surface area contributed by atoms with Gasteiger partial charge in [-0.15, -0.1) is 0 Å². The fourth-order valence-corrected chi connectivity index (χ4v) is 4.01. The van der Waals surface area contributed by atoms with Gasteiger partial charge in [0.2, 0.25) is 5.91 Å². The highest BCUT2D eigenvalue weighted by atomic mass is 16.2. The molecule has 0 radical (unpaired) electrons. The molecule has 0 aliphatic rings. The van der Waals surface area contributed by atoms with Gasteiger partial charge in [0.25, 0.3) is 5.56 Å². The Balaban J connectivity index is 1.26. The predicted octanol–water partition coefficient (Wildman–Crippen LogP) is 4.97. The standard InChI is InChI=1S/C28H26N6O2/c1-19-8-14-24(15-9-19)34-27-25(18-29-34)28(36)33(20(2)30-27)17-16-26(35)32-23-12-10-22(11-13-23)31-21-6-4-3-5-7-21/h3-15,18,31H,16-17H2,1-2H3,(H,32,35). The third kappa shape index (κ3) is 4.88. The molecule has 0 aliphatic carbocycles. The summed E-state index contributed by atoms with van der Waals surface area (Å²) in [5.41, 5.74) is 4.88. The van der Waals surface area contributed by atoms with Crippen molar-refractivity contribution in [3.05, 3.63) is 107 Å². The number of benzene rings is 3. The highest BCUT2D eigenvalue weighted by Gasteiger charge is 2.15. The Morgan fingerprint density at radius 3 is 2.25 bits per heavy atom. The quantitative estimate of drug-likeness (QED) is 0.344. The maximum atomic E-state index is 13.1. The van der Waals surface area contributed by atoms with Gasteiger partial charge in [-0.2, -0.15) is 5.10 Å². The van der Waals surface area contributed by atoms with Crippen molar-refractivity contribution in [3.8, 4) is 5.69 Å². The number of hydrogen-bond donors (Lipinski definition) is 2. The Hall–Kier alpha value is -4.72. The molecule has 5 rings (SSSR count). The molecule has 0 bridgehead atoms. The molecule has 3 aromatic carbocycles. The van der Waals surface area contributed by atoms with Gasteiger partial charge in [-0.05, 0) is 62.4 Å². The molecule has 2 aromatic heterocycles. The van der Waals surface area contributed by atoms with Crippen LogP contribution in [0, 0.1) is 13.8 Å². The summed E-state index contributed by atoms with van der Waals surface area (Å²) in [7, 11) is 0. The zero-order valence-corrected chi connectivity index (χ0v) is 20.1. The van der Waals surface area contributed by atoms with Crippen LogP contribution in [0.1, 0.15) is 17.8 Å². The number of fused-ring (bicyclic) bond motifs is 1. The third-order valence-electron chi connectivity index (χ3n) is 5.95. The summed E-state index contributed by atoms with van der Waals surface area (Å²) in [4.78, 5) is 30.3. The van der Waals surface area contributed by atoms with E-state index in [1.54, 1.807) is 11.6 Å². The molecule has 8 nitrogen and oxygen atoms in total. The summed E-state index contributed by atoms with van der Waals surface area (Å²) in [5, 5.41) is 11.0. The molecule has 0 aliphatic heterocycles. The first-order chi connectivity index (χ1) is 17.5. The summed E-state index contributed by atoms with van der Waals surface area (Å²) >= 11 is 0. The number of carbonyl (C=O) groups is 1. The molecule has 1 amide bonds. The molecular weight excluding hydrogens is 452 g/mol. The van der Waals surface area contributed by atoms with E-state index >= 15 is 0 Å². The zero-order chi connectivity index (χ0) is 25.1. The Labute approximate surface area is 208 Å². The van der Waals surface area contributed by atoms with E-state index in [1.807, 2.05) is 85.8 Å². The lowest BCUT2D eigenvalue weighted by atomic mass is 10.2. The second kappa shape index (κ2) is 9.87. The number of carbonyl (C=O) groups excluding carboxylic acids is 1. The fourth-order valence-electron chi connectivity index (χ4n) is 4.01. The van der Waals surface area contributed by atoms with Crippen LogP contribution in [0.4, 0.5) is 17.1 Å². The van der Waals surface area contributed by atoms with Gasteiger partial charge in [0, 0.05) is 30.0 Å². The third-order valence-corrected chi connectivity index (χ3v) is 5.95. The van der Waals surface area contributed by atoms with Crippen molar-refractivity contribution >= 4 is 34.0 Å². The van der Waals surface area contributed by atoms with Crippen molar-refractivity contribution in [2.24, 2.45) is 0 Å². The van der Waals surface area contributed by atoms with E-state index in [0.29, 0.717) is 22.5 Å². The lowest BCUT2D eigenvalue weighted by Gasteiger charge is -2.11. The first-order valence-corrected chi connectivity index (χ1v) is 11.7. The topological polar surface area (TPSA) is 93.8 Å². The molecule has 2 heterocycles. The van der Waals surface area contributed by atoms with E-state index in [2.05, 4.69) is 20.7 Å². The van der Waals surface area contributed by atoms with E-state index in [0.717, 1.165) is 22.6 Å². The number of rotatable bonds is 7. The average molecular weight is 479 g/mol. The molecule has 0 saturated carbocycles. The highest BCUT2D eigenvalue weighted by Crippen LogP contribution is 2.19. The van der Waals surface area contributed by atoms with Crippen LogP contribution in [0.2, 0.25) is 0 Å². The second-order valence-electron chi connectivity index (χ2n) is 8.61. The summed E-state index contributed by atoms with van der Waals surface area (Å²) in [6.07, 6.45) is 1.68. The van der Waals surface area contributed by atoms with Crippen LogP contribution in [0.3, 0.4) is 0 Å². The molecule has 180 valence electrons. The van der Waals surface area contributed by atoms with Crippen LogP contribution in [0.25, 0.3) is 16.7 Å². The van der Waals surface area contributed by atoms with Gasteiger partial charge in [0.05, 0.1) is 11.9 Å². The Morgan fingerprint density at radius 2 is 1.53 bits per heavy atom. The number of amides is 1. The second-order valence-corrected chi connectivity index (χ2v) is 8.61. The van der Waals surface area contributed by atoms with E-state index in [9.17, 15) is 9.59 Å². The molecule has 0 spiro atoms.